The number of ether oxygens (including phenoxy) is 1. The molecule has 25 heavy (non-hydrogen) atoms. The average molecular weight is 356 g/mol. The van der Waals surface area contributed by atoms with Crippen LogP contribution < -0.4 is 5.32 Å². The van der Waals surface area contributed by atoms with Crippen LogP contribution >= 0.6 is 12.2 Å². The van der Waals surface area contributed by atoms with E-state index < -0.39 is 0 Å². The lowest BCUT2D eigenvalue weighted by Crippen LogP contribution is -2.36. The van der Waals surface area contributed by atoms with Crippen LogP contribution in [0.2, 0.25) is 0 Å². The summed E-state index contributed by atoms with van der Waals surface area (Å²) in [5.41, 5.74) is 4.65. The molecule has 0 saturated carbocycles. The molecule has 2 fully saturated rings. The molecule has 132 valence electrons. The fraction of sp³-hybridized carbons (Fsp3) is 0.474. The second-order valence-electron chi connectivity index (χ2n) is 6.95. The molecule has 0 bridgehead atoms. The van der Waals surface area contributed by atoms with E-state index >= 15 is 0 Å². The Balaban J connectivity index is 1.71. The van der Waals surface area contributed by atoms with Gasteiger partial charge in [-0.3, -0.25) is 4.98 Å². The van der Waals surface area contributed by atoms with Crippen molar-refractivity contribution < 1.29 is 4.74 Å². The van der Waals surface area contributed by atoms with Gasteiger partial charge >= 0.3 is 0 Å². The molecule has 0 aromatic carbocycles. The largest absolute Gasteiger partial charge is 0.376 e. The predicted octanol–water partition coefficient (Wildman–Crippen LogP) is 3.18. The molecule has 2 N–H and O–H groups in total. The molecule has 0 spiro atoms. The first-order valence-electron chi connectivity index (χ1n) is 8.89. The van der Waals surface area contributed by atoms with Crippen LogP contribution in [0, 0.1) is 13.8 Å². The summed E-state index contributed by atoms with van der Waals surface area (Å²) in [6.07, 6.45) is 4.33. The van der Waals surface area contributed by atoms with E-state index in [0.717, 1.165) is 36.8 Å². The van der Waals surface area contributed by atoms with E-state index in [2.05, 4.69) is 46.2 Å². The highest BCUT2D eigenvalue weighted by Crippen LogP contribution is 2.40. The number of nitrogens with one attached hydrogen (secondary N) is 2. The average Bonchev–Trinajstić information content (AvgIpc) is 3.30. The van der Waals surface area contributed by atoms with Gasteiger partial charge in [-0.2, -0.15) is 0 Å². The maximum Gasteiger partial charge on any atom is 0.170 e. The first-order valence-corrected chi connectivity index (χ1v) is 9.30. The predicted molar refractivity (Wildman–Crippen MR) is 101 cm³/mol. The summed E-state index contributed by atoms with van der Waals surface area (Å²) >= 11 is 5.70. The van der Waals surface area contributed by atoms with Crippen LogP contribution in [-0.4, -0.2) is 39.2 Å². The molecule has 4 rings (SSSR count). The third-order valence-electron chi connectivity index (χ3n) is 5.13. The van der Waals surface area contributed by atoms with Crippen molar-refractivity contribution in [2.75, 3.05) is 13.2 Å². The zero-order chi connectivity index (χ0) is 17.4. The summed E-state index contributed by atoms with van der Waals surface area (Å²) in [6, 6.07) is 8.44. The summed E-state index contributed by atoms with van der Waals surface area (Å²) in [4.78, 5) is 10.3. The number of thiocarbonyl (C=S) groups is 1. The molecule has 3 atom stereocenters. The van der Waals surface area contributed by atoms with E-state index in [9.17, 15) is 0 Å². The van der Waals surface area contributed by atoms with Gasteiger partial charge in [0.05, 0.1) is 23.9 Å². The van der Waals surface area contributed by atoms with Gasteiger partial charge in [0.1, 0.15) is 0 Å². The van der Waals surface area contributed by atoms with Crippen LogP contribution in [0.25, 0.3) is 0 Å². The van der Waals surface area contributed by atoms with Gasteiger partial charge in [0.15, 0.2) is 5.11 Å². The molecule has 2 aliphatic rings. The van der Waals surface area contributed by atoms with Crippen molar-refractivity contribution in [3.8, 4) is 0 Å². The van der Waals surface area contributed by atoms with Crippen molar-refractivity contribution in [1.29, 1.82) is 0 Å². The first kappa shape index (κ1) is 16.5. The van der Waals surface area contributed by atoms with Crippen LogP contribution in [0.5, 0.6) is 0 Å². The highest BCUT2D eigenvalue weighted by atomic mass is 32.1. The number of aromatic nitrogens is 2. The summed E-state index contributed by atoms with van der Waals surface area (Å²) in [5.74, 6) is 0. The van der Waals surface area contributed by atoms with Gasteiger partial charge < -0.3 is 19.9 Å². The third-order valence-corrected chi connectivity index (χ3v) is 5.48. The molecule has 5 nitrogen and oxygen atoms in total. The van der Waals surface area contributed by atoms with E-state index in [0.29, 0.717) is 0 Å². The number of H-pyrrole nitrogens is 1. The molecule has 0 amide bonds. The standard InChI is InChI=1S/C19H24N4OS/c1-12-10-15(13(2)21-12)18-17(16-7-3-4-8-20-16)22-19(25)23(18)11-14-6-5-9-24-14/h3-4,7-8,10,14,17-18,21H,5-6,9,11H2,1-2H3,(H,22,25)/t14-,17-,18+/m0/s1. The van der Waals surface area contributed by atoms with Crippen LogP contribution in [0.15, 0.2) is 30.5 Å². The van der Waals surface area contributed by atoms with Crippen LogP contribution in [-0.2, 0) is 4.74 Å². The number of rotatable bonds is 4. The Morgan fingerprint density at radius 1 is 1.36 bits per heavy atom. The Morgan fingerprint density at radius 3 is 2.88 bits per heavy atom. The number of nitrogens with zero attached hydrogens (tertiary/aromatic N) is 2. The molecular formula is C19H24N4OS. The monoisotopic (exact) mass is 356 g/mol. The Labute approximate surface area is 153 Å². The Morgan fingerprint density at radius 2 is 2.24 bits per heavy atom. The normalized spacial score (nSPS) is 26.2. The molecular weight excluding hydrogens is 332 g/mol. The first-order chi connectivity index (χ1) is 12.1. The zero-order valence-corrected chi connectivity index (χ0v) is 15.5. The van der Waals surface area contributed by atoms with Crippen molar-refractivity contribution >= 4 is 17.3 Å². The van der Waals surface area contributed by atoms with Crippen LogP contribution in [0.3, 0.4) is 0 Å². The van der Waals surface area contributed by atoms with E-state index in [1.54, 1.807) is 0 Å². The molecule has 6 heteroatoms. The maximum absolute atomic E-state index is 5.87. The number of aromatic amines is 1. The minimum Gasteiger partial charge on any atom is -0.376 e. The SMILES string of the molecule is Cc1cc([C@@H]2[C@H](c3ccccn3)NC(=S)N2C[C@@H]2CCCO2)c(C)[nH]1. The third kappa shape index (κ3) is 3.16. The minimum absolute atomic E-state index is 0.0454. The summed E-state index contributed by atoms with van der Waals surface area (Å²) in [7, 11) is 0. The molecule has 2 saturated heterocycles. The van der Waals surface area contributed by atoms with Crippen LogP contribution in [0.4, 0.5) is 0 Å². The molecule has 2 aromatic rings. The van der Waals surface area contributed by atoms with E-state index in [4.69, 9.17) is 17.0 Å². The summed E-state index contributed by atoms with van der Waals surface area (Å²) < 4.78 is 5.87. The smallest absolute Gasteiger partial charge is 0.170 e. The Bertz CT molecular complexity index is 754. The lowest BCUT2D eigenvalue weighted by Gasteiger charge is -2.29. The molecule has 4 heterocycles. The molecule has 0 radical (unpaired) electrons. The molecule has 0 unspecified atom stereocenters. The van der Waals surface area contributed by atoms with E-state index in [1.807, 2.05) is 18.3 Å². The highest BCUT2D eigenvalue weighted by Gasteiger charge is 2.42. The zero-order valence-electron chi connectivity index (χ0n) is 14.7. The summed E-state index contributed by atoms with van der Waals surface area (Å²) in [5, 5.41) is 4.29. The van der Waals surface area contributed by atoms with Gasteiger partial charge in [0.25, 0.3) is 0 Å². The Hall–Kier alpha value is -1.92. The number of aryl methyl sites for hydroxylation is 2. The topological polar surface area (TPSA) is 53.2 Å². The lowest BCUT2D eigenvalue weighted by molar-refractivity contribution is 0.0842. The maximum atomic E-state index is 5.87. The van der Waals surface area contributed by atoms with E-state index in [1.165, 1.54) is 17.0 Å². The van der Waals surface area contributed by atoms with Gasteiger partial charge in [-0.05, 0) is 62.7 Å². The minimum atomic E-state index is 0.0454. The van der Waals surface area contributed by atoms with E-state index in [-0.39, 0.29) is 18.2 Å². The lowest BCUT2D eigenvalue weighted by atomic mass is 9.96. The second-order valence-corrected chi connectivity index (χ2v) is 7.33. The van der Waals surface area contributed by atoms with Crippen molar-refractivity contribution in [3.63, 3.8) is 0 Å². The number of pyridine rings is 1. The van der Waals surface area contributed by atoms with Gasteiger partial charge in [-0.1, -0.05) is 6.07 Å². The van der Waals surface area contributed by atoms with Crippen molar-refractivity contribution in [1.82, 2.24) is 20.2 Å². The van der Waals surface area contributed by atoms with Gasteiger partial charge in [0.2, 0.25) is 0 Å². The van der Waals surface area contributed by atoms with Crippen LogP contribution in [0.1, 0.15) is 47.6 Å². The van der Waals surface area contributed by atoms with Gasteiger partial charge in [-0.15, -0.1) is 0 Å². The highest BCUT2D eigenvalue weighted by molar-refractivity contribution is 7.80. The second kappa shape index (κ2) is 6.77. The quantitative estimate of drug-likeness (QED) is 0.824. The van der Waals surface area contributed by atoms with Crippen molar-refractivity contribution in [2.45, 2.75) is 44.9 Å². The van der Waals surface area contributed by atoms with Crippen molar-refractivity contribution in [3.05, 3.63) is 53.1 Å². The number of hydrogen-bond donors (Lipinski definition) is 2. The fourth-order valence-electron chi connectivity index (χ4n) is 4.00. The molecule has 2 aromatic heterocycles. The molecule has 2 aliphatic heterocycles. The van der Waals surface area contributed by atoms with Gasteiger partial charge in [0, 0.05) is 30.7 Å². The van der Waals surface area contributed by atoms with Gasteiger partial charge in [-0.25, -0.2) is 0 Å². The fourth-order valence-corrected chi connectivity index (χ4v) is 4.32. The summed E-state index contributed by atoms with van der Waals surface area (Å²) in [6.45, 7) is 5.90. The molecule has 0 aliphatic carbocycles. The number of hydrogen-bond acceptors (Lipinski definition) is 3. The van der Waals surface area contributed by atoms with Crippen molar-refractivity contribution in [2.24, 2.45) is 0 Å². The Kier molecular flexibility index (Phi) is 4.48.